The van der Waals surface area contributed by atoms with E-state index in [1.54, 1.807) is 12.1 Å². The molecule has 0 fully saturated rings. The molecule has 1 heterocycles. The van der Waals surface area contributed by atoms with Gasteiger partial charge in [-0.3, -0.25) is 0 Å². The van der Waals surface area contributed by atoms with Crippen molar-refractivity contribution in [1.82, 2.24) is 9.97 Å². The molecule has 70 valence electrons. The van der Waals surface area contributed by atoms with Crippen molar-refractivity contribution in [1.29, 1.82) is 0 Å². The highest BCUT2D eigenvalue weighted by Gasteiger charge is 1.98. The first-order valence-electron chi connectivity index (χ1n) is 3.64. The maximum Gasteiger partial charge on any atom is 0.166 e. The predicted octanol–water partition coefficient (Wildman–Crippen LogP) is 2.98. The van der Waals surface area contributed by atoms with Gasteiger partial charge in [0.05, 0.1) is 10.9 Å². The predicted molar refractivity (Wildman–Crippen MR) is 60.7 cm³/mol. The molecule has 0 aliphatic carbocycles. The van der Waals surface area contributed by atoms with Crippen LogP contribution in [-0.2, 0) is 0 Å². The summed E-state index contributed by atoms with van der Waals surface area (Å²) in [5, 5.41) is 2.23. The average Bonchev–Trinajstić information content (AvgIpc) is 2.19. The Bertz CT molecular complexity index is 422. The van der Waals surface area contributed by atoms with Gasteiger partial charge in [-0.05, 0) is 23.9 Å². The van der Waals surface area contributed by atoms with Gasteiger partial charge in [0.2, 0.25) is 0 Å². The van der Waals surface area contributed by atoms with Crippen molar-refractivity contribution in [3.05, 3.63) is 36.3 Å². The normalized spacial score (nSPS) is 9.79. The quantitative estimate of drug-likeness (QED) is 0.449. The first-order chi connectivity index (χ1) is 6.77. The molecule has 1 aromatic heterocycles. The second kappa shape index (κ2) is 5.40. The van der Waals surface area contributed by atoms with E-state index in [-0.39, 0.29) is 0 Å². The lowest BCUT2D eigenvalue weighted by Crippen LogP contribution is -1.86. The van der Waals surface area contributed by atoms with Crippen molar-refractivity contribution >= 4 is 40.4 Å². The first-order valence-corrected chi connectivity index (χ1v) is 4.48. The van der Waals surface area contributed by atoms with Crippen molar-refractivity contribution in [2.75, 3.05) is 0 Å². The van der Waals surface area contributed by atoms with Gasteiger partial charge in [-0.15, -0.1) is 0 Å². The Kier molecular flexibility index (Phi) is 4.13. The number of aromatic nitrogens is 2. The summed E-state index contributed by atoms with van der Waals surface area (Å²) in [6.07, 6.45) is 3.02. The van der Waals surface area contributed by atoms with Crippen LogP contribution in [0, 0.1) is 0 Å². The van der Waals surface area contributed by atoms with Crippen LogP contribution < -0.4 is 0 Å². The van der Waals surface area contributed by atoms with E-state index in [9.17, 15) is 0 Å². The van der Waals surface area contributed by atoms with Crippen LogP contribution in [0.15, 0.2) is 35.6 Å². The molecule has 0 radical (unpaired) electrons. The van der Waals surface area contributed by atoms with Crippen molar-refractivity contribution in [2.45, 2.75) is 0 Å². The molecule has 1 rings (SSSR count). The molecule has 0 bridgehead atoms. The molecule has 0 atom stereocenters. The fraction of sp³-hybridized carbons (Fsp3) is 0. The second-order valence-corrected chi connectivity index (χ2v) is 2.72. The molecule has 0 aromatic carbocycles. The Morgan fingerprint density at radius 1 is 1.64 bits per heavy atom. The van der Waals surface area contributed by atoms with E-state index in [1.807, 2.05) is 0 Å². The highest BCUT2D eigenvalue weighted by atomic mass is 35.5. The maximum absolute atomic E-state index is 5.41. The van der Waals surface area contributed by atoms with Gasteiger partial charge < -0.3 is 0 Å². The minimum atomic E-state index is 0.453. The van der Waals surface area contributed by atoms with E-state index < -0.39 is 0 Å². The summed E-state index contributed by atoms with van der Waals surface area (Å²) in [5.41, 5.74) is 2.70. The van der Waals surface area contributed by atoms with Crippen LogP contribution in [-0.4, -0.2) is 15.1 Å². The summed E-state index contributed by atoms with van der Waals surface area (Å²) in [6.45, 7) is 3.77. The number of allylic oxidation sites excluding steroid dienone is 2. The van der Waals surface area contributed by atoms with Crippen LogP contribution in [0.25, 0.3) is 5.57 Å². The standard InChI is InChI=1S/C9H6ClN3S/c1-7(2-3-10)8-4-9(13-6-14)12-5-11-8/h2-5H,1H2/b3-2+. The third-order valence-electron chi connectivity index (χ3n) is 1.41. The molecule has 14 heavy (non-hydrogen) atoms. The SMILES string of the molecule is C=C(/C=C/Cl)c1cc(N=C=S)ncn1. The molecule has 1 aromatic rings. The minimum absolute atomic E-state index is 0.453. The maximum atomic E-state index is 5.41. The average molecular weight is 224 g/mol. The number of isothiocyanates is 1. The topological polar surface area (TPSA) is 38.1 Å². The summed E-state index contributed by atoms with van der Waals surface area (Å²) in [4.78, 5) is 11.6. The molecule has 0 saturated heterocycles. The van der Waals surface area contributed by atoms with E-state index in [1.165, 1.54) is 11.9 Å². The van der Waals surface area contributed by atoms with E-state index in [0.29, 0.717) is 17.1 Å². The molecule has 0 spiro atoms. The summed E-state index contributed by atoms with van der Waals surface area (Å²) in [7, 11) is 0. The van der Waals surface area contributed by atoms with Gasteiger partial charge in [0.25, 0.3) is 0 Å². The fourth-order valence-corrected chi connectivity index (χ4v) is 1.04. The molecule has 5 heteroatoms. The third-order valence-corrected chi connectivity index (χ3v) is 1.62. The molecule has 0 unspecified atom stereocenters. The van der Waals surface area contributed by atoms with Crippen molar-refractivity contribution in [3.8, 4) is 0 Å². The number of halogens is 1. The van der Waals surface area contributed by atoms with Gasteiger partial charge >= 0.3 is 0 Å². The summed E-state index contributed by atoms with van der Waals surface area (Å²) < 4.78 is 0. The minimum Gasteiger partial charge on any atom is -0.236 e. The lowest BCUT2D eigenvalue weighted by atomic mass is 10.2. The van der Waals surface area contributed by atoms with Gasteiger partial charge in [0.15, 0.2) is 5.82 Å². The number of rotatable bonds is 3. The Morgan fingerprint density at radius 2 is 2.43 bits per heavy atom. The molecule has 0 saturated carbocycles. The Morgan fingerprint density at radius 3 is 3.07 bits per heavy atom. The highest BCUT2D eigenvalue weighted by molar-refractivity contribution is 7.78. The molecular formula is C9H6ClN3S. The third kappa shape index (κ3) is 2.85. The van der Waals surface area contributed by atoms with E-state index in [4.69, 9.17) is 11.6 Å². The lowest BCUT2D eigenvalue weighted by molar-refractivity contribution is 1.13. The van der Waals surface area contributed by atoms with Crippen LogP contribution in [0.3, 0.4) is 0 Å². The fourth-order valence-electron chi connectivity index (χ4n) is 0.792. The van der Waals surface area contributed by atoms with E-state index in [2.05, 4.69) is 38.9 Å². The van der Waals surface area contributed by atoms with E-state index in [0.717, 1.165) is 0 Å². The lowest BCUT2D eigenvalue weighted by Gasteiger charge is -1.98. The van der Waals surface area contributed by atoms with Crippen molar-refractivity contribution in [3.63, 3.8) is 0 Å². The largest absolute Gasteiger partial charge is 0.236 e. The molecule has 0 N–H and O–H groups in total. The number of hydrogen-bond acceptors (Lipinski definition) is 4. The second-order valence-electron chi connectivity index (χ2n) is 2.28. The first kappa shape index (κ1) is 10.7. The summed E-state index contributed by atoms with van der Waals surface area (Å²) in [6, 6.07) is 1.65. The number of hydrogen-bond donors (Lipinski definition) is 0. The molecule has 0 aliphatic rings. The number of nitrogens with zero attached hydrogens (tertiary/aromatic N) is 3. The van der Waals surface area contributed by atoms with Crippen LogP contribution >= 0.6 is 23.8 Å². The van der Waals surface area contributed by atoms with Crippen molar-refractivity contribution in [2.24, 2.45) is 4.99 Å². The van der Waals surface area contributed by atoms with E-state index >= 15 is 0 Å². The van der Waals surface area contributed by atoms with Gasteiger partial charge in [-0.25, -0.2) is 9.97 Å². The molecular weight excluding hydrogens is 218 g/mol. The van der Waals surface area contributed by atoms with Crippen LogP contribution in [0.4, 0.5) is 5.82 Å². The number of aliphatic imine (C=N–C) groups is 1. The zero-order valence-electron chi connectivity index (χ0n) is 7.14. The van der Waals surface area contributed by atoms with Gasteiger partial charge in [-0.1, -0.05) is 18.2 Å². The number of thiocarbonyl (C=S) groups is 1. The van der Waals surface area contributed by atoms with Crippen LogP contribution in [0.1, 0.15) is 5.69 Å². The van der Waals surface area contributed by atoms with Crippen LogP contribution in [0.2, 0.25) is 0 Å². The molecule has 0 amide bonds. The molecule has 3 nitrogen and oxygen atoms in total. The Labute approximate surface area is 91.9 Å². The highest BCUT2D eigenvalue weighted by Crippen LogP contribution is 2.15. The zero-order chi connectivity index (χ0) is 10.4. The smallest absolute Gasteiger partial charge is 0.166 e. The zero-order valence-corrected chi connectivity index (χ0v) is 8.72. The Hall–Kier alpha value is -1.35. The summed E-state index contributed by atoms with van der Waals surface area (Å²) in [5.74, 6) is 0.453. The molecule has 0 aliphatic heterocycles. The Balaban J connectivity index is 3.05. The van der Waals surface area contributed by atoms with Crippen molar-refractivity contribution < 1.29 is 0 Å². The monoisotopic (exact) mass is 223 g/mol. The van der Waals surface area contributed by atoms with Gasteiger partial charge in [-0.2, -0.15) is 4.99 Å². The van der Waals surface area contributed by atoms with Crippen LogP contribution in [0.5, 0.6) is 0 Å². The summed E-state index contributed by atoms with van der Waals surface area (Å²) >= 11 is 9.87. The van der Waals surface area contributed by atoms with Gasteiger partial charge in [0, 0.05) is 11.6 Å². The van der Waals surface area contributed by atoms with Gasteiger partial charge in [0.1, 0.15) is 6.33 Å².